The van der Waals surface area contributed by atoms with Gasteiger partial charge in [0.15, 0.2) is 0 Å². The summed E-state index contributed by atoms with van der Waals surface area (Å²) >= 11 is 3.54. The number of aromatic nitrogens is 1. The summed E-state index contributed by atoms with van der Waals surface area (Å²) in [4.78, 5) is 6.66. The Morgan fingerprint density at radius 2 is 2.05 bits per heavy atom. The number of benzene rings is 1. The van der Waals surface area contributed by atoms with E-state index >= 15 is 0 Å². The standard InChI is InChI=1S/C15H18BrN3/c1-3-19(10-12-7-5-4-6-11(12)2)15-14(16)8-13(17)9-18-15/h4-9H,3,10,17H2,1-2H3. The Hall–Kier alpha value is -1.55. The summed E-state index contributed by atoms with van der Waals surface area (Å²) in [6, 6.07) is 10.3. The van der Waals surface area contributed by atoms with Crippen LogP contribution in [0.5, 0.6) is 0 Å². The first-order valence-corrected chi connectivity index (χ1v) is 7.11. The minimum atomic E-state index is 0.669. The van der Waals surface area contributed by atoms with E-state index in [0.29, 0.717) is 5.69 Å². The van der Waals surface area contributed by atoms with Crippen molar-refractivity contribution < 1.29 is 0 Å². The molecule has 0 aliphatic rings. The summed E-state index contributed by atoms with van der Waals surface area (Å²) < 4.78 is 0.933. The Bertz CT molecular complexity index is 569. The number of aryl methyl sites for hydroxylation is 1. The zero-order valence-corrected chi connectivity index (χ0v) is 12.8. The van der Waals surface area contributed by atoms with Crippen LogP contribution in [0.4, 0.5) is 11.5 Å². The van der Waals surface area contributed by atoms with Crippen molar-refractivity contribution in [2.24, 2.45) is 0 Å². The van der Waals surface area contributed by atoms with Crippen LogP contribution in [0.15, 0.2) is 41.0 Å². The number of nitrogen functional groups attached to an aromatic ring is 1. The van der Waals surface area contributed by atoms with E-state index in [1.807, 2.05) is 6.07 Å². The second-order valence-corrected chi connectivity index (χ2v) is 5.37. The van der Waals surface area contributed by atoms with Gasteiger partial charge in [-0.3, -0.25) is 0 Å². The topological polar surface area (TPSA) is 42.2 Å². The van der Waals surface area contributed by atoms with Crippen molar-refractivity contribution >= 4 is 27.4 Å². The van der Waals surface area contributed by atoms with Gasteiger partial charge < -0.3 is 10.6 Å². The zero-order chi connectivity index (χ0) is 13.8. The molecular formula is C15H18BrN3. The van der Waals surface area contributed by atoms with Gasteiger partial charge in [0.05, 0.1) is 16.4 Å². The highest BCUT2D eigenvalue weighted by Crippen LogP contribution is 2.27. The number of rotatable bonds is 4. The van der Waals surface area contributed by atoms with E-state index in [9.17, 15) is 0 Å². The summed E-state index contributed by atoms with van der Waals surface area (Å²) in [5, 5.41) is 0. The third-order valence-electron chi connectivity index (χ3n) is 3.15. The van der Waals surface area contributed by atoms with Crippen LogP contribution < -0.4 is 10.6 Å². The molecule has 0 fully saturated rings. The van der Waals surface area contributed by atoms with Crippen molar-refractivity contribution in [3.8, 4) is 0 Å². The summed E-state index contributed by atoms with van der Waals surface area (Å²) in [6.07, 6.45) is 1.70. The minimum Gasteiger partial charge on any atom is -0.397 e. The minimum absolute atomic E-state index is 0.669. The van der Waals surface area contributed by atoms with Crippen LogP contribution in [0.1, 0.15) is 18.1 Å². The van der Waals surface area contributed by atoms with Crippen molar-refractivity contribution in [2.45, 2.75) is 20.4 Å². The van der Waals surface area contributed by atoms with Crippen LogP contribution in [0.25, 0.3) is 0 Å². The molecule has 0 saturated carbocycles. The number of nitrogens with zero attached hydrogens (tertiary/aromatic N) is 2. The Labute approximate surface area is 122 Å². The van der Waals surface area contributed by atoms with E-state index < -0.39 is 0 Å². The molecule has 0 amide bonds. The molecule has 1 aromatic heterocycles. The van der Waals surface area contributed by atoms with Crippen LogP contribution in [0.2, 0.25) is 0 Å². The largest absolute Gasteiger partial charge is 0.397 e. The van der Waals surface area contributed by atoms with Crippen molar-refractivity contribution in [3.63, 3.8) is 0 Å². The maximum Gasteiger partial charge on any atom is 0.143 e. The van der Waals surface area contributed by atoms with Crippen molar-refractivity contribution in [2.75, 3.05) is 17.2 Å². The van der Waals surface area contributed by atoms with E-state index in [4.69, 9.17) is 5.73 Å². The summed E-state index contributed by atoms with van der Waals surface area (Å²) in [5.74, 6) is 0.931. The molecule has 4 heteroatoms. The lowest BCUT2D eigenvalue weighted by Gasteiger charge is -2.24. The van der Waals surface area contributed by atoms with Crippen molar-refractivity contribution in [1.29, 1.82) is 0 Å². The van der Waals surface area contributed by atoms with Gasteiger partial charge in [-0.05, 0) is 47.0 Å². The monoisotopic (exact) mass is 319 g/mol. The molecule has 0 aliphatic heterocycles. The number of hydrogen-bond donors (Lipinski definition) is 1. The van der Waals surface area contributed by atoms with Gasteiger partial charge in [-0.1, -0.05) is 24.3 Å². The third-order valence-corrected chi connectivity index (χ3v) is 3.73. The van der Waals surface area contributed by atoms with Gasteiger partial charge in [-0.15, -0.1) is 0 Å². The number of pyridine rings is 1. The lowest BCUT2D eigenvalue weighted by molar-refractivity contribution is 0.807. The van der Waals surface area contributed by atoms with Gasteiger partial charge in [-0.2, -0.15) is 0 Å². The Kier molecular flexibility index (Phi) is 4.43. The predicted molar refractivity (Wildman–Crippen MR) is 84.3 cm³/mol. The molecule has 0 atom stereocenters. The van der Waals surface area contributed by atoms with Gasteiger partial charge in [0, 0.05) is 13.1 Å². The first kappa shape index (κ1) is 13.9. The SMILES string of the molecule is CCN(Cc1ccccc1C)c1ncc(N)cc1Br. The molecule has 2 aromatic rings. The fraction of sp³-hybridized carbons (Fsp3) is 0.267. The molecule has 2 rings (SSSR count). The second kappa shape index (κ2) is 6.06. The third kappa shape index (κ3) is 3.26. The number of hydrogen-bond acceptors (Lipinski definition) is 3. The molecule has 3 nitrogen and oxygen atoms in total. The fourth-order valence-electron chi connectivity index (χ4n) is 2.01. The Morgan fingerprint density at radius 3 is 2.68 bits per heavy atom. The van der Waals surface area contributed by atoms with Crippen LogP contribution in [0.3, 0.4) is 0 Å². The first-order chi connectivity index (χ1) is 9.11. The van der Waals surface area contributed by atoms with Gasteiger partial charge >= 0.3 is 0 Å². The Balaban J connectivity index is 2.28. The van der Waals surface area contributed by atoms with Crippen LogP contribution in [0, 0.1) is 6.92 Å². The normalized spacial score (nSPS) is 10.5. The van der Waals surface area contributed by atoms with E-state index in [-0.39, 0.29) is 0 Å². The van der Waals surface area contributed by atoms with Crippen LogP contribution >= 0.6 is 15.9 Å². The summed E-state index contributed by atoms with van der Waals surface area (Å²) in [7, 11) is 0. The maximum absolute atomic E-state index is 5.73. The molecule has 0 spiro atoms. The fourth-order valence-corrected chi connectivity index (χ4v) is 2.63. The molecule has 1 heterocycles. The molecule has 100 valence electrons. The van der Waals surface area contributed by atoms with Crippen LogP contribution in [-0.2, 0) is 6.54 Å². The maximum atomic E-state index is 5.73. The van der Waals surface area contributed by atoms with E-state index in [0.717, 1.165) is 23.4 Å². The molecule has 0 aliphatic carbocycles. The van der Waals surface area contributed by atoms with Crippen molar-refractivity contribution in [1.82, 2.24) is 4.98 Å². The average Bonchev–Trinajstić information content (AvgIpc) is 2.39. The quantitative estimate of drug-likeness (QED) is 0.932. The highest BCUT2D eigenvalue weighted by atomic mass is 79.9. The molecule has 0 unspecified atom stereocenters. The molecule has 1 aromatic carbocycles. The molecule has 0 bridgehead atoms. The van der Waals surface area contributed by atoms with Crippen LogP contribution in [-0.4, -0.2) is 11.5 Å². The zero-order valence-electron chi connectivity index (χ0n) is 11.2. The summed E-state index contributed by atoms with van der Waals surface area (Å²) in [5.41, 5.74) is 9.02. The molecular weight excluding hydrogens is 302 g/mol. The lowest BCUT2D eigenvalue weighted by atomic mass is 10.1. The van der Waals surface area contributed by atoms with Gasteiger partial charge in [0.25, 0.3) is 0 Å². The van der Waals surface area contributed by atoms with E-state index in [1.54, 1.807) is 6.20 Å². The predicted octanol–water partition coefficient (Wildman–Crippen LogP) is 3.76. The van der Waals surface area contributed by atoms with E-state index in [2.05, 4.69) is 63.9 Å². The molecule has 2 N–H and O–H groups in total. The Morgan fingerprint density at radius 1 is 1.32 bits per heavy atom. The molecule has 0 radical (unpaired) electrons. The smallest absolute Gasteiger partial charge is 0.143 e. The molecule has 19 heavy (non-hydrogen) atoms. The summed E-state index contributed by atoms with van der Waals surface area (Å²) in [6.45, 7) is 6.00. The number of anilines is 2. The average molecular weight is 320 g/mol. The highest BCUT2D eigenvalue weighted by Gasteiger charge is 2.11. The lowest BCUT2D eigenvalue weighted by Crippen LogP contribution is -2.24. The van der Waals surface area contributed by atoms with Gasteiger partial charge in [0.1, 0.15) is 5.82 Å². The first-order valence-electron chi connectivity index (χ1n) is 6.32. The van der Waals surface area contributed by atoms with E-state index in [1.165, 1.54) is 11.1 Å². The number of halogens is 1. The molecule has 0 saturated heterocycles. The van der Waals surface area contributed by atoms with Crippen molar-refractivity contribution in [3.05, 3.63) is 52.1 Å². The highest BCUT2D eigenvalue weighted by molar-refractivity contribution is 9.10. The van der Waals surface area contributed by atoms with Gasteiger partial charge in [-0.25, -0.2) is 4.98 Å². The second-order valence-electron chi connectivity index (χ2n) is 4.51. The number of nitrogens with two attached hydrogens (primary N) is 1. The van der Waals surface area contributed by atoms with Gasteiger partial charge in [0.2, 0.25) is 0 Å².